The van der Waals surface area contributed by atoms with Crippen LogP contribution in [0.1, 0.15) is 11.3 Å². The number of benzene rings is 2. The molecule has 0 aliphatic carbocycles. The molecule has 0 unspecified atom stereocenters. The van der Waals surface area contributed by atoms with E-state index < -0.39 is 0 Å². The Morgan fingerprint density at radius 3 is 2.21 bits per heavy atom. The maximum Gasteiger partial charge on any atom is 0.137 e. The molecular weight excluding hydrogens is 365 g/mol. The fourth-order valence-electron chi connectivity index (χ4n) is 2.25. The number of rotatable bonds is 3. The summed E-state index contributed by atoms with van der Waals surface area (Å²) in [5.74, 6) is 1.08. The summed E-state index contributed by atoms with van der Waals surface area (Å²) in [6.07, 6.45) is 1.66. The minimum atomic E-state index is 0.470. The largest absolute Gasteiger partial charge is 0.457 e. The molecule has 0 amide bonds. The summed E-state index contributed by atoms with van der Waals surface area (Å²) >= 11 is 18.3. The zero-order chi connectivity index (χ0) is 17.1. The maximum absolute atomic E-state index is 9.39. The van der Waals surface area contributed by atoms with E-state index in [0.717, 1.165) is 5.56 Å². The van der Waals surface area contributed by atoms with Crippen LogP contribution in [0.5, 0.6) is 0 Å². The number of furan rings is 1. The SMILES string of the molecule is N#CC(=Cc1ccc(-c2c(Cl)cccc2Cl)o1)c1ccc(Cl)cc1. The van der Waals surface area contributed by atoms with Crippen LogP contribution >= 0.6 is 34.8 Å². The van der Waals surface area contributed by atoms with Crippen LogP contribution in [-0.2, 0) is 0 Å². The van der Waals surface area contributed by atoms with E-state index in [9.17, 15) is 5.26 Å². The second-order valence-electron chi connectivity index (χ2n) is 4.98. The fraction of sp³-hybridized carbons (Fsp3) is 0. The van der Waals surface area contributed by atoms with E-state index in [1.54, 1.807) is 60.7 Å². The molecule has 0 bridgehead atoms. The molecule has 0 aliphatic rings. The molecule has 3 rings (SSSR count). The lowest BCUT2D eigenvalue weighted by Crippen LogP contribution is -1.81. The summed E-state index contributed by atoms with van der Waals surface area (Å²) in [6, 6.07) is 18.0. The Morgan fingerprint density at radius 2 is 1.58 bits per heavy atom. The Hall–Kier alpha value is -2.18. The highest BCUT2D eigenvalue weighted by Crippen LogP contribution is 2.36. The second-order valence-corrected chi connectivity index (χ2v) is 6.23. The molecule has 1 aromatic heterocycles. The molecule has 2 nitrogen and oxygen atoms in total. The van der Waals surface area contributed by atoms with Crippen molar-refractivity contribution in [2.24, 2.45) is 0 Å². The van der Waals surface area contributed by atoms with Gasteiger partial charge in [0.2, 0.25) is 0 Å². The third kappa shape index (κ3) is 3.49. The van der Waals surface area contributed by atoms with Crippen molar-refractivity contribution in [1.82, 2.24) is 0 Å². The zero-order valence-corrected chi connectivity index (χ0v) is 14.5. The van der Waals surface area contributed by atoms with Gasteiger partial charge in [0, 0.05) is 5.02 Å². The monoisotopic (exact) mass is 373 g/mol. The van der Waals surface area contributed by atoms with Gasteiger partial charge in [-0.05, 0) is 48.0 Å². The van der Waals surface area contributed by atoms with Crippen LogP contribution < -0.4 is 0 Å². The summed E-state index contributed by atoms with van der Waals surface area (Å²) in [4.78, 5) is 0. The van der Waals surface area contributed by atoms with Gasteiger partial charge in [0.15, 0.2) is 0 Å². The molecular formula is C19H10Cl3NO. The minimum Gasteiger partial charge on any atom is -0.457 e. The molecule has 1 heterocycles. The summed E-state index contributed by atoms with van der Waals surface area (Å²) < 4.78 is 5.79. The van der Waals surface area contributed by atoms with Crippen molar-refractivity contribution in [2.75, 3.05) is 0 Å². The number of hydrogen-bond donors (Lipinski definition) is 0. The van der Waals surface area contributed by atoms with E-state index in [0.29, 0.717) is 37.7 Å². The van der Waals surface area contributed by atoms with Crippen LogP contribution in [0.4, 0.5) is 0 Å². The van der Waals surface area contributed by atoms with Crippen molar-refractivity contribution in [3.8, 4) is 17.4 Å². The van der Waals surface area contributed by atoms with Crippen LogP contribution in [-0.4, -0.2) is 0 Å². The first kappa shape index (κ1) is 16.7. The molecule has 0 saturated heterocycles. The topological polar surface area (TPSA) is 36.9 Å². The van der Waals surface area contributed by atoms with Crippen LogP contribution in [0, 0.1) is 11.3 Å². The van der Waals surface area contributed by atoms with E-state index >= 15 is 0 Å². The molecule has 3 aromatic rings. The van der Waals surface area contributed by atoms with Gasteiger partial charge >= 0.3 is 0 Å². The van der Waals surface area contributed by atoms with E-state index in [1.165, 1.54) is 0 Å². The molecule has 0 fully saturated rings. The van der Waals surface area contributed by atoms with Crippen LogP contribution in [0.3, 0.4) is 0 Å². The van der Waals surface area contributed by atoms with Gasteiger partial charge in [-0.1, -0.05) is 53.0 Å². The van der Waals surface area contributed by atoms with Crippen molar-refractivity contribution in [1.29, 1.82) is 5.26 Å². The van der Waals surface area contributed by atoms with Crippen molar-refractivity contribution in [3.05, 3.63) is 81.0 Å². The Kier molecular flexibility index (Phi) is 4.97. The fourth-order valence-corrected chi connectivity index (χ4v) is 2.96. The molecule has 118 valence electrons. The minimum absolute atomic E-state index is 0.470. The lowest BCUT2D eigenvalue weighted by Gasteiger charge is -2.03. The quantitative estimate of drug-likeness (QED) is 0.464. The first-order chi connectivity index (χ1) is 11.6. The van der Waals surface area contributed by atoms with Crippen LogP contribution in [0.25, 0.3) is 23.0 Å². The molecule has 2 aromatic carbocycles. The van der Waals surface area contributed by atoms with Crippen molar-refractivity contribution in [3.63, 3.8) is 0 Å². The molecule has 0 saturated carbocycles. The normalized spacial score (nSPS) is 11.3. The predicted octanol–water partition coefficient (Wildman–Crippen LogP) is 6.97. The predicted molar refractivity (Wildman–Crippen MR) is 99.1 cm³/mol. The first-order valence-electron chi connectivity index (χ1n) is 7.00. The van der Waals surface area contributed by atoms with E-state index in [4.69, 9.17) is 39.2 Å². The molecule has 0 N–H and O–H groups in total. The van der Waals surface area contributed by atoms with Crippen LogP contribution in [0.15, 0.2) is 59.0 Å². The first-order valence-corrected chi connectivity index (χ1v) is 8.14. The highest BCUT2D eigenvalue weighted by atomic mass is 35.5. The van der Waals surface area contributed by atoms with Gasteiger partial charge in [-0.15, -0.1) is 0 Å². The van der Waals surface area contributed by atoms with Crippen LogP contribution in [0.2, 0.25) is 15.1 Å². The van der Waals surface area contributed by atoms with Gasteiger partial charge in [-0.3, -0.25) is 0 Å². The molecule has 0 spiro atoms. The highest BCUT2D eigenvalue weighted by molar-refractivity contribution is 6.39. The number of halogens is 3. The Balaban J connectivity index is 1.98. The molecule has 5 heteroatoms. The third-order valence-electron chi connectivity index (χ3n) is 3.40. The number of nitrogens with zero attached hydrogens (tertiary/aromatic N) is 1. The number of hydrogen-bond acceptors (Lipinski definition) is 2. The average Bonchev–Trinajstić information content (AvgIpc) is 3.01. The van der Waals surface area contributed by atoms with Gasteiger partial charge in [0.1, 0.15) is 11.5 Å². The molecule has 0 atom stereocenters. The van der Waals surface area contributed by atoms with Gasteiger partial charge in [0.05, 0.1) is 27.3 Å². The van der Waals surface area contributed by atoms with Crippen molar-refractivity contribution in [2.45, 2.75) is 0 Å². The smallest absolute Gasteiger partial charge is 0.137 e. The summed E-state index contributed by atoms with van der Waals surface area (Å²) in [5.41, 5.74) is 1.86. The molecule has 0 aliphatic heterocycles. The third-order valence-corrected chi connectivity index (χ3v) is 4.28. The van der Waals surface area contributed by atoms with E-state index in [2.05, 4.69) is 6.07 Å². The average molecular weight is 375 g/mol. The van der Waals surface area contributed by atoms with Gasteiger partial charge in [-0.25, -0.2) is 0 Å². The number of allylic oxidation sites excluding steroid dienone is 1. The highest BCUT2D eigenvalue weighted by Gasteiger charge is 2.12. The van der Waals surface area contributed by atoms with Gasteiger partial charge in [0.25, 0.3) is 0 Å². The molecule has 24 heavy (non-hydrogen) atoms. The Bertz CT molecular complexity index is 929. The summed E-state index contributed by atoms with van der Waals surface area (Å²) in [5, 5.41) is 11.0. The molecule has 0 radical (unpaired) electrons. The van der Waals surface area contributed by atoms with E-state index in [1.807, 2.05) is 0 Å². The lowest BCUT2D eigenvalue weighted by atomic mass is 10.1. The van der Waals surface area contributed by atoms with Gasteiger partial charge in [-0.2, -0.15) is 5.26 Å². The summed E-state index contributed by atoms with van der Waals surface area (Å²) in [6.45, 7) is 0. The zero-order valence-electron chi connectivity index (χ0n) is 12.3. The second kappa shape index (κ2) is 7.15. The van der Waals surface area contributed by atoms with E-state index in [-0.39, 0.29) is 0 Å². The van der Waals surface area contributed by atoms with Crippen molar-refractivity contribution >= 4 is 46.5 Å². The number of nitriles is 1. The lowest BCUT2D eigenvalue weighted by molar-refractivity contribution is 0.572. The maximum atomic E-state index is 9.39. The van der Waals surface area contributed by atoms with Gasteiger partial charge < -0.3 is 4.42 Å². The standard InChI is InChI=1S/C19H10Cl3NO/c20-14-6-4-12(5-7-14)13(11-23)10-15-8-9-18(24-15)19-16(21)2-1-3-17(19)22/h1-10H. The Labute approximate surface area is 154 Å². The summed E-state index contributed by atoms with van der Waals surface area (Å²) in [7, 11) is 0. The Morgan fingerprint density at radius 1 is 0.917 bits per heavy atom. The van der Waals surface area contributed by atoms with Crippen molar-refractivity contribution < 1.29 is 4.42 Å².